The third-order valence-corrected chi connectivity index (χ3v) is 2.38. The maximum absolute atomic E-state index is 5.45. The molecular formula is C12H20N2O. The molecule has 3 nitrogen and oxygen atoms in total. The van der Waals surface area contributed by atoms with Crippen molar-refractivity contribution in [3.63, 3.8) is 0 Å². The second-order valence-corrected chi connectivity index (χ2v) is 3.59. The maximum atomic E-state index is 5.45. The number of rotatable bonds is 6. The number of aromatic nitrogens is 1. The first-order valence-electron chi connectivity index (χ1n) is 5.58. The van der Waals surface area contributed by atoms with Crippen LogP contribution in [0.4, 0.5) is 0 Å². The van der Waals surface area contributed by atoms with E-state index in [-0.39, 0.29) is 0 Å². The largest absolute Gasteiger partial charge is 0.478 e. The average molecular weight is 208 g/mol. The molecule has 0 aliphatic heterocycles. The van der Waals surface area contributed by atoms with E-state index in [4.69, 9.17) is 4.74 Å². The molecule has 1 atom stereocenters. The summed E-state index contributed by atoms with van der Waals surface area (Å²) in [5.74, 6) is 0.746. The second kappa shape index (κ2) is 6.40. The Balaban J connectivity index is 2.58. The molecule has 0 saturated heterocycles. The molecule has 0 saturated carbocycles. The Bertz CT molecular complexity index is 289. The zero-order valence-corrected chi connectivity index (χ0v) is 9.79. The van der Waals surface area contributed by atoms with Crippen molar-refractivity contribution in [1.29, 1.82) is 0 Å². The number of pyridine rings is 1. The van der Waals surface area contributed by atoms with E-state index in [1.54, 1.807) is 6.20 Å². The first kappa shape index (κ1) is 12.0. The SMILES string of the molecule is CCOc1ncccc1CNC(C)CC. The smallest absolute Gasteiger partial charge is 0.217 e. The topological polar surface area (TPSA) is 34.1 Å². The van der Waals surface area contributed by atoms with Crippen LogP contribution in [0.5, 0.6) is 5.88 Å². The van der Waals surface area contributed by atoms with Crippen molar-refractivity contribution in [2.45, 2.75) is 39.8 Å². The molecule has 0 fully saturated rings. The molecule has 0 amide bonds. The van der Waals surface area contributed by atoms with E-state index in [9.17, 15) is 0 Å². The third kappa shape index (κ3) is 3.88. The zero-order chi connectivity index (χ0) is 11.1. The molecule has 3 heteroatoms. The lowest BCUT2D eigenvalue weighted by molar-refractivity contribution is 0.321. The summed E-state index contributed by atoms with van der Waals surface area (Å²) in [5, 5.41) is 3.43. The number of nitrogens with zero attached hydrogens (tertiary/aromatic N) is 1. The van der Waals surface area contributed by atoms with Crippen molar-refractivity contribution in [2.24, 2.45) is 0 Å². The normalized spacial score (nSPS) is 12.5. The van der Waals surface area contributed by atoms with E-state index in [0.29, 0.717) is 12.6 Å². The zero-order valence-electron chi connectivity index (χ0n) is 9.79. The minimum atomic E-state index is 0.527. The Kier molecular flexibility index (Phi) is 5.12. The van der Waals surface area contributed by atoms with Crippen LogP contribution < -0.4 is 10.1 Å². The van der Waals surface area contributed by atoms with Crippen LogP contribution in [0, 0.1) is 0 Å². The van der Waals surface area contributed by atoms with Crippen molar-refractivity contribution < 1.29 is 4.74 Å². The Morgan fingerprint density at radius 1 is 1.47 bits per heavy atom. The summed E-state index contributed by atoms with van der Waals surface area (Å²) in [5.41, 5.74) is 1.12. The average Bonchev–Trinajstić information content (AvgIpc) is 2.28. The van der Waals surface area contributed by atoms with E-state index in [0.717, 1.165) is 24.4 Å². The molecule has 84 valence electrons. The van der Waals surface area contributed by atoms with E-state index in [1.165, 1.54) is 0 Å². The Labute approximate surface area is 91.9 Å². The van der Waals surface area contributed by atoms with Crippen LogP contribution >= 0.6 is 0 Å². The molecule has 1 rings (SSSR count). The minimum Gasteiger partial charge on any atom is -0.478 e. The van der Waals surface area contributed by atoms with Gasteiger partial charge in [0, 0.05) is 24.3 Å². The molecule has 1 aromatic heterocycles. The Morgan fingerprint density at radius 3 is 2.93 bits per heavy atom. The van der Waals surface area contributed by atoms with Crippen molar-refractivity contribution in [1.82, 2.24) is 10.3 Å². The lowest BCUT2D eigenvalue weighted by Crippen LogP contribution is -2.24. The number of ether oxygens (including phenoxy) is 1. The summed E-state index contributed by atoms with van der Waals surface area (Å²) in [4.78, 5) is 4.21. The molecule has 1 aromatic rings. The molecule has 1 N–H and O–H groups in total. The van der Waals surface area contributed by atoms with Crippen LogP contribution in [0.1, 0.15) is 32.8 Å². The number of nitrogens with one attached hydrogen (secondary N) is 1. The quantitative estimate of drug-likeness (QED) is 0.779. The predicted molar refractivity (Wildman–Crippen MR) is 62.0 cm³/mol. The first-order chi connectivity index (χ1) is 7.27. The number of hydrogen-bond acceptors (Lipinski definition) is 3. The van der Waals surface area contributed by atoms with Gasteiger partial charge in [-0.3, -0.25) is 0 Å². The Morgan fingerprint density at radius 2 is 2.27 bits per heavy atom. The van der Waals surface area contributed by atoms with Gasteiger partial charge in [-0.25, -0.2) is 4.98 Å². The molecule has 0 radical (unpaired) electrons. The van der Waals surface area contributed by atoms with Gasteiger partial charge in [-0.2, -0.15) is 0 Å². The van der Waals surface area contributed by atoms with Gasteiger partial charge in [-0.1, -0.05) is 13.0 Å². The molecule has 0 spiro atoms. The van der Waals surface area contributed by atoms with Crippen LogP contribution in [0.25, 0.3) is 0 Å². The summed E-state index contributed by atoms with van der Waals surface area (Å²) >= 11 is 0. The monoisotopic (exact) mass is 208 g/mol. The third-order valence-electron chi connectivity index (χ3n) is 2.38. The fourth-order valence-electron chi connectivity index (χ4n) is 1.25. The molecule has 1 unspecified atom stereocenters. The van der Waals surface area contributed by atoms with E-state index >= 15 is 0 Å². The lowest BCUT2D eigenvalue weighted by Gasteiger charge is -2.13. The first-order valence-corrected chi connectivity index (χ1v) is 5.58. The van der Waals surface area contributed by atoms with Gasteiger partial charge in [0.05, 0.1) is 6.61 Å². The molecule has 0 aliphatic carbocycles. The fraction of sp³-hybridized carbons (Fsp3) is 0.583. The van der Waals surface area contributed by atoms with Gasteiger partial charge < -0.3 is 10.1 Å². The molecule has 0 bridgehead atoms. The van der Waals surface area contributed by atoms with Crippen molar-refractivity contribution in [3.05, 3.63) is 23.9 Å². The Hall–Kier alpha value is -1.09. The van der Waals surface area contributed by atoms with E-state index in [1.807, 2.05) is 19.1 Å². The van der Waals surface area contributed by atoms with Gasteiger partial charge in [-0.15, -0.1) is 0 Å². The summed E-state index contributed by atoms with van der Waals surface area (Å²) in [7, 11) is 0. The van der Waals surface area contributed by atoms with E-state index in [2.05, 4.69) is 24.1 Å². The standard InChI is InChI=1S/C12H20N2O/c1-4-10(3)14-9-11-7-6-8-13-12(11)15-5-2/h6-8,10,14H,4-5,9H2,1-3H3. The van der Waals surface area contributed by atoms with Crippen molar-refractivity contribution >= 4 is 0 Å². The highest BCUT2D eigenvalue weighted by Crippen LogP contribution is 2.13. The molecule has 1 heterocycles. The highest BCUT2D eigenvalue weighted by Gasteiger charge is 2.04. The van der Waals surface area contributed by atoms with Crippen LogP contribution in [0.2, 0.25) is 0 Å². The minimum absolute atomic E-state index is 0.527. The van der Waals surface area contributed by atoms with Gasteiger partial charge in [0.15, 0.2) is 0 Å². The van der Waals surface area contributed by atoms with Crippen LogP contribution in [0.3, 0.4) is 0 Å². The van der Waals surface area contributed by atoms with Crippen LogP contribution in [-0.4, -0.2) is 17.6 Å². The lowest BCUT2D eigenvalue weighted by atomic mass is 10.2. The molecule has 0 aliphatic rings. The summed E-state index contributed by atoms with van der Waals surface area (Å²) in [6.07, 6.45) is 2.89. The van der Waals surface area contributed by atoms with Gasteiger partial charge >= 0.3 is 0 Å². The summed E-state index contributed by atoms with van der Waals surface area (Å²) in [6, 6.07) is 4.52. The van der Waals surface area contributed by atoms with E-state index < -0.39 is 0 Å². The van der Waals surface area contributed by atoms with Gasteiger partial charge in [-0.05, 0) is 26.3 Å². The second-order valence-electron chi connectivity index (χ2n) is 3.59. The maximum Gasteiger partial charge on any atom is 0.217 e. The van der Waals surface area contributed by atoms with Crippen molar-refractivity contribution in [3.8, 4) is 5.88 Å². The predicted octanol–water partition coefficient (Wildman–Crippen LogP) is 2.37. The van der Waals surface area contributed by atoms with Crippen LogP contribution in [-0.2, 0) is 6.54 Å². The number of hydrogen-bond donors (Lipinski definition) is 1. The highest BCUT2D eigenvalue weighted by molar-refractivity contribution is 5.25. The fourth-order valence-corrected chi connectivity index (χ4v) is 1.25. The van der Waals surface area contributed by atoms with Gasteiger partial charge in [0.25, 0.3) is 0 Å². The van der Waals surface area contributed by atoms with Crippen molar-refractivity contribution in [2.75, 3.05) is 6.61 Å². The highest BCUT2D eigenvalue weighted by atomic mass is 16.5. The molecular weight excluding hydrogens is 188 g/mol. The summed E-state index contributed by atoms with van der Waals surface area (Å²) < 4.78 is 5.45. The van der Waals surface area contributed by atoms with Crippen LogP contribution in [0.15, 0.2) is 18.3 Å². The molecule has 15 heavy (non-hydrogen) atoms. The van der Waals surface area contributed by atoms with Gasteiger partial charge in [0.1, 0.15) is 0 Å². The molecule has 0 aromatic carbocycles. The van der Waals surface area contributed by atoms with Gasteiger partial charge in [0.2, 0.25) is 5.88 Å². The summed E-state index contributed by atoms with van der Waals surface area (Å²) in [6.45, 7) is 7.80.